The van der Waals surface area contributed by atoms with Gasteiger partial charge in [-0.05, 0) is 32.8 Å². The molecular formula is C13H15N. The minimum Gasteiger partial charge on any atom is -0.258 e. The van der Waals surface area contributed by atoms with Crippen LogP contribution in [0, 0.1) is 6.92 Å². The largest absolute Gasteiger partial charge is 0.258 e. The van der Waals surface area contributed by atoms with Gasteiger partial charge in [-0.25, -0.2) is 0 Å². The first kappa shape index (κ1) is 9.20. The number of aliphatic imine (C=N–C) groups is 1. The summed E-state index contributed by atoms with van der Waals surface area (Å²) in [5.74, 6) is 0. The Bertz CT molecular complexity index is 399. The number of aryl methyl sites for hydroxylation is 1. The highest BCUT2D eigenvalue weighted by Gasteiger charge is 2.05. The fourth-order valence-corrected chi connectivity index (χ4v) is 1.71. The van der Waals surface area contributed by atoms with Crippen LogP contribution in [-0.4, -0.2) is 5.71 Å². The molecule has 0 aromatic heterocycles. The van der Waals surface area contributed by atoms with Gasteiger partial charge in [0.05, 0.1) is 5.70 Å². The van der Waals surface area contributed by atoms with Crippen LogP contribution in [0.1, 0.15) is 30.9 Å². The maximum absolute atomic E-state index is 4.57. The summed E-state index contributed by atoms with van der Waals surface area (Å²) in [6.07, 6.45) is 4.45. The van der Waals surface area contributed by atoms with Gasteiger partial charge in [-0.2, -0.15) is 0 Å². The molecule has 1 heterocycles. The Kier molecular flexibility index (Phi) is 2.49. The first-order chi connectivity index (χ1) is 6.75. The summed E-state index contributed by atoms with van der Waals surface area (Å²) in [7, 11) is 0. The summed E-state index contributed by atoms with van der Waals surface area (Å²) in [4.78, 5) is 4.57. The van der Waals surface area contributed by atoms with Crippen molar-refractivity contribution in [2.45, 2.75) is 26.7 Å². The zero-order valence-electron chi connectivity index (χ0n) is 8.75. The van der Waals surface area contributed by atoms with Crippen LogP contribution in [0.25, 0.3) is 5.70 Å². The molecule has 1 aromatic rings. The fourth-order valence-electron chi connectivity index (χ4n) is 1.71. The second kappa shape index (κ2) is 3.79. The third-order valence-electron chi connectivity index (χ3n) is 2.47. The highest BCUT2D eigenvalue weighted by atomic mass is 14.8. The summed E-state index contributed by atoms with van der Waals surface area (Å²) in [6.45, 7) is 4.21. The van der Waals surface area contributed by atoms with Crippen molar-refractivity contribution in [2.24, 2.45) is 4.99 Å². The monoisotopic (exact) mass is 185 g/mol. The van der Waals surface area contributed by atoms with Crippen LogP contribution in [0.2, 0.25) is 0 Å². The highest BCUT2D eigenvalue weighted by molar-refractivity contribution is 5.89. The highest BCUT2D eigenvalue weighted by Crippen LogP contribution is 2.22. The lowest BCUT2D eigenvalue weighted by molar-refractivity contribution is 1.06. The van der Waals surface area contributed by atoms with Crippen molar-refractivity contribution in [1.82, 2.24) is 0 Å². The minimum atomic E-state index is 1.11. The van der Waals surface area contributed by atoms with Crippen LogP contribution in [0.3, 0.4) is 0 Å². The Balaban J connectivity index is 2.36. The summed E-state index contributed by atoms with van der Waals surface area (Å²) in [5, 5.41) is 0. The van der Waals surface area contributed by atoms with E-state index in [0.29, 0.717) is 0 Å². The molecule has 0 radical (unpaired) electrons. The van der Waals surface area contributed by atoms with E-state index in [4.69, 9.17) is 0 Å². The van der Waals surface area contributed by atoms with E-state index in [-0.39, 0.29) is 0 Å². The van der Waals surface area contributed by atoms with Gasteiger partial charge in [-0.1, -0.05) is 29.8 Å². The van der Waals surface area contributed by atoms with Crippen molar-refractivity contribution < 1.29 is 0 Å². The van der Waals surface area contributed by atoms with E-state index in [1.165, 1.54) is 16.8 Å². The van der Waals surface area contributed by atoms with Crippen molar-refractivity contribution >= 4 is 11.4 Å². The van der Waals surface area contributed by atoms with E-state index >= 15 is 0 Å². The summed E-state index contributed by atoms with van der Waals surface area (Å²) in [6, 6.07) is 8.52. The number of hydrogen-bond acceptors (Lipinski definition) is 1. The van der Waals surface area contributed by atoms with Crippen molar-refractivity contribution in [3.05, 3.63) is 41.5 Å². The second-order valence-electron chi connectivity index (χ2n) is 3.84. The molecule has 0 saturated carbocycles. The van der Waals surface area contributed by atoms with Crippen LogP contribution in [0.15, 0.2) is 35.3 Å². The maximum atomic E-state index is 4.57. The molecule has 0 spiro atoms. The van der Waals surface area contributed by atoms with E-state index in [9.17, 15) is 0 Å². The third kappa shape index (κ3) is 1.92. The number of allylic oxidation sites excluding steroid dienone is 1. The second-order valence-corrected chi connectivity index (χ2v) is 3.84. The third-order valence-corrected chi connectivity index (χ3v) is 2.47. The van der Waals surface area contributed by atoms with Gasteiger partial charge in [-0.15, -0.1) is 0 Å². The lowest BCUT2D eigenvalue weighted by Gasteiger charge is -2.10. The first-order valence-corrected chi connectivity index (χ1v) is 5.07. The topological polar surface area (TPSA) is 12.4 Å². The van der Waals surface area contributed by atoms with E-state index in [1.807, 2.05) is 0 Å². The molecule has 2 rings (SSSR count). The van der Waals surface area contributed by atoms with Gasteiger partial charge in [0.1, 0.15) is 0 Å². The SMILES string of the molecule is CC1=NC(c2cccc(C)c2)=CCC1. The number of nitrogens with zero attached hydrogens (tertiary/aromatic N) is 1. The number of benzene rings is 1. The predicted octanol–water partition coefficient (Wildman–Crippen LogP) is 3.59. The molecule has 1 aliphatic rings. The lowest BCUT2D eigenvalue weighted by Crippen LogP contribution is -1.97. The van der Waals surface area contributed by atoms with Crippen LogP contribution >= 0.6 is 0 Å². The Morgan fingerprint density at radius 2 is 2.07 bits per heavy atom. The average Bonchev–Trinajstić information content (AvgIpc) is 2.18. The van der Waals surface area contributed by atoms with Crippen molar-refractivity contribution in [2.75, 3.05) is 0 Å². The van der Waals surface area contributed by atoms with E-state index in [1.54, 1.807) is 0 Å². The van der Waals surface area contributed by atoms with Gasteiger partial charge in [-0.3, -0.25) is 4.99 Å². The molecule has 0 fully saturated rings. The standard InChI is InChI=1S/C13H15N/c1-10-5-3-7-12(9-10)13-8-4-6-11(2)14-13/h3,5,7-9H,4,6H2,1-2H3. The van der Waals surface area contributed by atoms with Crippen LogP contribution < -0.4 is 0 Å². The molecule has 72 valence electrons. The zero-order chi connectivity index (χ0) is 9.97. The smallest absolute Gasteiger partial charge is 0.0661 e. The molecule has 0 bridgehead atoms. The molecule has 1 aliphatic heterocycles. The molecule has 0 unspecified atom stereocenters. The molecule has 0 atom stereocenters. The molecular weight excluding hydrogens is 170 g/mol. The molecule has 1 aromatic carbocycles. The Morgan fingerprint density at radius 3 is 2.79 bits per heavy atom. The Morgan fingerprint density at radius 1 is 1.21 bits per heavy atom. The molecule has 14 heavy (non-hydrogen) atoms. The van der Waals surface area contributed by atoms with Gasteiger partial charge >= 0.3 is 0 Å². The quantitative estimate of drug-likeness (QED) is 0.634. The van der Waals surface area contributed by atoms with E-state index in [2.05, 4.69) is 49.2 Å². The lowest BCUT2D eigenvalue weighted by atomic mass is 10.0. The van der Waals surface area contributed by atoms with Crippen molar-refractivity contribution in [3.63, 3.8) is 0 Å². The van der Waals surface area contributed by atoms with E-state index < -0.39 is 0 Å². The molecule has 0 aliphatic carbocycles. The number of rotatable bonds is 1. The van der Waals surface area contributed by atoms with E-state index in [0.717, 1.165) is 18.5 Å². The molecule has 0 amide bonds. The summed E-state index contributed by atoms with van der Waals surface area (Å²) < 4.78 is 0. The Labute approximate surface area is 85.2 Å². The van der Waals surface area contributed by atoms with Crippen LogP contribution in [0.4, 0.5) is 0 Å². The van der Waals surface area contributed by atoms with Crippen LogP contribution in [0.5, 0.6) is 0 Å². The maximum Gasteiger partial charge on any atom is 0.0661 e. The van der Waals surface area contributed by atoms with Crippen molar-refractivity contribution in [3.8, 4) is 0 Å². The normalized spacial score (nSPS) is 16.1. The summed E-state index contributed by atoms with van der Waals surface area (Å²) >= 11 is 0. The Hall–Kier alpha value is -1.37. The zero-order valence-corrected chi connectivity index (χ0v) is 8.75. The van der Waals surface area contributed by atoms with Crippen molar-refractivity contribution in [1.29, 1.82) is 0 Å². The first-order valence-electron chi connectivity index (χ1n) is 5.07. The van der Waals surface area contributed by atoms with Gasteiger partial charge < -0.3 is 0 Å². The molecule has 1 heteroatoms. The van der Waals surface area contributed by atoms with Gasteiger partial charge in [0, 0.05) is 11.3 Å². The molecule has 0 N–H and O–H groups in total. The summed E-state index contributed by atoms with van der Waals surface area (Å²) in [5.41, 5.74) is 4.91. The van der Waals surface area contributed by atoms with Gasteiger partial charge in [0.2, 0.25) is 0 Å². The fraction of sp³-hybridized carbons (Fsp3) is 0.308. The van der Waals surface area contributed by atoms with Crippen LogP contribution in [-0.2, 0) is 0 Å². The van der Waals surface area contributed by atoms with Gasteiger partial charge in [0.15, 0.2) is 0 Å². The molecule has 0 saturated heterocycles. The average molecular weight is 185 g/mol. The van der Waals surface area contributed by atoms with Gasteiger partial charge in [0.25, 0.3) is 0 Å². The molecule has 1 nitrogen and oxygen atoms in total. The minimum absolute atomic E-state index is 1.11. The predicted molar refractivity (Wildman–Crippen MR) is 61.5 cm³/mol. The number of hydrogen-bond donors (Lipinski definition) is 0.